The second-order valence-corrected chi connectivity index (χ2v) is 6.72. The highest BCUT2D eigenvalue weighted by Crippen LogP contribution is 2.28. The van der Waals surface area contributed by atoms with E-state index < -0.39 is 0 Å². The van der Waals surface area contributed by atoms with E-state index in [1.54, 1.807) is 6.07 Å². The maximum atomic E-state index is 13.0. The topological polar surface area (TPSA) is 60.5 Å². The molecule has 1 aliphatic rings. The predicted molar refractivity (Wildman–Crippen MR) is 110 cm³/mol. The van der Waals surface area contributed by atoms with E-state index in [4.69, 9.17) is 9.47 Å². The number of nitrogens with zero attached hydrogens (tertiary/aromatic N) is 1. The van der Waals surface area contributed by atoms with Crippen molar-refractivity contribution >= 4 is 28.3 Å². The number of hydrogen-bond donors (Lipinski definition) is 1. The molecule has 3 aromatic rings. The molecule has 1 aromatic heterocycles. The molecule has 28 heavy (non-hydrogen) atoms. The van der Waals surface area contributed by atoms with E-state index >= 15 is 0 Å². The van der Waals surface area contributed by atoms with Gasteiger partial charge in [0, 0.05) is 17.5 Å². The number of amides is 1. The zero-order chi connectivity index (χ0) is 19.5. The first-order valence-corrected chi connectivity index (χ1v) is 9.45. The summed E-state index contributed by atoms with van der Waals surface area (Å²) in [5, 5.41) is 3.77. The predicted octanol–water partition coefficient (Wildman–Crippen LogP) is 5.04. The van der Waals surface area contributed by atoms with Crippen LogP contribution in [0.25, 0.3) is 16.7 Å². The third-order valence-corrected chi connectivity index (χ3v) is 4.60. The first-order valence-electron chi connectivity index (χ1n) is 9.45. The lowest BCUT2D eigenvalue weighted by atomic mass is 10.1. The summed E-state index contributed by atoms with van der Waals surface area (Å²) in [5.41, 5.74) is 2.72. The number of benzene rings is 2. The Morgan fingerprint density at radius 1 is 1.21 bits per heavy atom. The van der Waals surface area contributed by atoms with Crippen LogP contribution in [0.1, 0.15) is 36.3 Å². The minimum absolute atomic E-state index is 0.129. The minimum Gasteiger partial charge on any atom is -0.494 e. The van der Waals surface area contributed by atoms with Crippen LogP contribution in [-0.2, 0) is 4.74 Å². The van der Waals surface area contributed by atoms with E-state index in [0.29, 0.717) is 23.6 Å². The fourth-order valence-corrected chi connectivity index (χ4v) is 3.24. The Labute approximate surface area is 164 Å². The van der Waals surface area contributed by atoms with Crippen molar-refractivity contribution in [3.8, 4) is 5.75 Å². The van der Waals surface area contributed by atoms with Crippen LogP contribution in [0.4, 0.5) is 5.69 Å². The van der Waals surface area contributed by atoms with Gasteiger partial charge in [0.05, 0.1) is 23.8 Å². The molecule has 2 heterocycles. The van der Waals surface area contributed by atoms with E-state index in [2.05, 4.69) is 10.3 Å². The normalized spacial score (nSPS) is 15.8. The van der Waals surface area contributed by atoms with Gasteiger partial charge in [0.25, 0.3) is 5.91 Å². The van der Waals surface area contributed by atoms with E-state index in [-0.39, 0.29) is 12.0 Å². The Hall–Kier alpha value is -3.34. The number of ether oxygens (including phenoxy) is 2. The van der Waals surface area contributed by atoms with Crippen LogP contribution in [-0.4, -0.2) is 23.6 Å². The fourth-order valence-electron chi connectivity index (χ4n) is 3.24. The number of para-hydroxylation sites is 1. The number of fused-ring (bicyclic) bond motifs is 1. The molecule has 2 aromatic carbocycles. The van der Waals surface area contributed by atoms with E-state index in [0.717, 1.165) is 28.8 Å². The van der Waals surface area contributed by atoms with Gasteiger partial charge < -0.3 is 14.8 Å². The van der Waals surface area contributed by atoms with Crippen molar-refractivity contribution in [3.05, 3.63) is 71.9 Å². The average Bonchev–Trinajstić information content (AvgIpc) is 3.15. The quantitative estimate of drug-likeness (QED) is 0.680. The Bertz CT molecular complexity index is 1040. The number of nitrogens with one attached hydrogen (secondary N) is 1. The first-order chi connectivity index (χ1) is 13.6. The van der Waals surface area contributed by atoms with Gasteiger partial charge in [-0.1, -0.05) is 18.2 Å². The van der Waals surface area contributed by atoms with Crippen LogP contribution in [0.3, 0.4) is 0 Å². The highest BCUT2D eigenvalue weighted by atomic mass is 16.5. The van der Waals surface area contributed by atoms with Gasteiger partial charge in [-0.15, -0.1) is 0 Å². The van der Waals surface area contributed by atoms with Crippen molar-refractivity contribution in [3.63, 3.8) is 0 Å². The molecule has 0 aliphatic carbocycles. The molecule has 5 nitrogen and oxygen atoms in total. The van der Waals surface area contributed by atoms with Crippen molar-refractivity contribution < 1.29 is 14.3 Å². The molecule has 1 aliphatic heterocycles. The molecule has 1 amide bonds. The van der Waals surface area contributed by atoms with Crippen molar-refractivity contribution in [2.24, 2.45) is 0 Å². The maximum absolute atomic E-state index is 13.0. The highest BCUT2D eigenvalue weighted by Gasteiger charge is 2.20. The van der Waals surface area contributed by atoms with Gasteiger partial charge in [-0.2, -0.15) is 0 Å². The second-order valence-electron chi connectivity index (χ2n) is 6.72. The van der Waals surface area contributed by atoms with Gasteiger partial charge in [-0.05, 0) is 56.3 Å². The SMILES string of the molecule is CCOc1ccc(NC(=O)c2cc(C3=CCC(C)O3)nc3ccccc23)cc1. The molecule has 1 unspecified atom stereocenters. The summed E-state index contributed by atoms with van der Waals surface area (Å²) in [6, 6.07) is 16.8. The largest absolute Gasteiger partial charge is 0.494 e. The maximum Gasteiger partial charge on any atom is 0.256 e. The number of hydrogen-bond acceptors (Lipinski definition) is 4. The molecular weight excluding hydrogens is 352 g/mol. The molecule has 0 saturated heterocycles. The number of carbonyl (C=O) groups is 1. The molecule has 142 valence electrons. The Kier molecular flexibility index (Phi) is 4.98. The number of aromatic nitrogens is 1. The number of carbonyl (C=O) groups excluding carboxylic acids is 1. The van der Waals surface area contributed by atoms with Gasteiger partial charge in [-0.3, -0.25) is 4.79 Å². The number of rotatable bonds is 5. The van der Waals surface area contributed by atoms with Crippen LogP contribution in [0, 0.1) is 0 Å². The molecule has 0 saturated carbocycles. The third-order valence-electron chi connectivity index (χ3n) is 4.60. The molecule has 0 fully saturated rings. The summed E-state index contributed by atoms with van der Waals surface area (Å²) in [7, 11) is 0. The van der Waals surface area contributed by atoms with Gasteiger partial charge >= 0.3 is 0 Å². The smallest absolute Gasteiger partial charge is 0.256 e. The molecule has 0 bridgehead atoms. The van der Waals surface area contributed by atoms with Gasteiger partial charge in [0.1, 0.15) is 17.2 Å². The van der Waals surface area contributed by atoms with E-state index in [1.807, 2.05) is 68.5 Å². The molecule has 5 heteroatoms. The van der Waals surface area contributed by atoms with E-state index in [1.165, 1.54) is 0 Å². The van der Waals surface area contributed by atoms with Crippen LogP contribution < -0.4 is 10.1 Å². The Morgan fingerprint density at radius 3 is 2.71 bits per heavy atom. The lowest BCUT2D eigenvalue weighted by Crippen LogP contribution is -2.13. The summed E-state index contributed by atoms with van der Waals surface area (Å²) in [4.78, 5) is 17.7. The molecule has 1 N–H and O–H groups in total. The summed E-state index contributed by atoms with van der Waals surface area (Å²) in [6.45, 7) is 4.56. The summed E-state index contributed by atoms with van der Waals surface area (Å²) in [5.74, 6) is 1.32. The zero-order valence-electron chi connectivity index (χ0n) is 15.9. The first kappa shape index (κ1) is 18.0. The Morgan fingerprint density at radius 2 is 2.00 bits per heavy atom. The summed E-state index contributed by atoms with van der Waals surface area (Å²) >= 11 is 0. The summed E-state index contributed by atoms with van der Waals surface area (Å²) in [6.07, 6.45) is 3.00. The minimum atomic E-state index is -0.185. The van der Waals surface area contributed by atoms with Crippen LogP contribution in [0.15, 0.2) is 60.7 Å². The zero-order valence-corrected chi connectivity index (χ0v) is 15.9. The molecule has 0 spiro atoms. The third kappa shape index (κ3) is 3.69. The standard InChI is InChI=1S/C23H22N2O3/c1-3-27-17-11-9-16(10-12-17)24-23(26)19-14-21(22-13-8-15(2)28-22)25-20-7-5-4-6-18(19)20/h4-7,9-15H,3,8H2,1-2H3,(H,24,26). The van der Waals surface area contributed by atoms with Crippen molar-refractivity contribution in [2.75, 3.05) is 11.9 Å². The summed E-state index contributed by atoms with van der Waals surface area (Å²) < 4.78 is 11.3. The molecular formula is C23H22N2O3. The van der Waals surface area contributed by atoms with Crippen LogP contribution >= 0.6 is 0 Å². The molecule has 1 atom stereocenters. The fraction of sp³-hybridized carbons (Fsp3) is 0.217. The van der Waals surface area contributed by atoms with Gasteiger partial charge in [-0.25, -0.2) is 4.98 Å². The van der Waals surface area contributed by atoms with Crippen LogP contribution in [0.5, 0.6) is 5.75 Å². The average molecular weight is 374 g/mol. The second kappa shape index (κ2) is 7.72. The lowest BCUT2D eigenvalue weighted by molar-refractivity contribution is 0.102. The van der Waals surface area contributed by atoms with Gasteiger partial charge in [0.15, 0.2) is 0 Å². The molecule has 0 radical (unpaired) electrons. The lowest BCUT2D eigenvalue weighted by Gasteiger charge is -2.12. The van der Waals surface area contributed by atoms with Gasteiger partial charge in [0.2, 0.25) is 0 Å². The Balaban J connectivity index is 1.67. The van der Waals surface area contributed by atoms with E-state index in [9.17, 15) is 4.79 Å². The highest BCUT2D eigenvalue weighted by molar-refractivity contribution is 6.12. The monoisotopic (exact) mass is 374 g/mol. The van der Waals surface area contributed by atoms with Crippen LogP contribution in [0.2, 0.25) is 0 Å². The number of anilines is 1. The molecule has 4 rings (SSSR count). The number of pyridine rings is 1. The van der Waals surface area contributed by atoms with Crippen molar-refractivity contribution in [1.29, 1.82) is 0 Å². The van der Waals surface area contributed by atoms with Crippen molar-refractivity contribution in [2.45, 2.75) is 26.4 Å². The van der Waals surface area contributed by atoms with Crippen molar-refractivity contribution in [1.82, 2.24) is 4.98 Å².